The minimum absolute atomic E-state index is 0.175. The van der Waals surface area contributed by atoms with E-state index in [0.29, 0.717) is 0 Å². The summed E-state index contributed by atoms with van der Waals surface area (Å²) in [6, 6.07) is 17.5. The molecule has 3 rings (SSSR count). The van der Waals surface area contributed by atoms with Crippen LogP contribution in [0.1, 0.15) is 27.8 Å². The van der Waals surface area contributed by atoms with Crippen LogP contribution in [0.15, 0.2) is 59.8 Å². The molecule has 1 heterocycles. The average Bonchev–Trinajstić information content (AvgIpc) is 2.95. The molecule has 0 amide bonds. The van der Waals surface area contributed by atoms with E-state index in [1.807, 2.05) is 61.5 Å². The first-order valence-electron chi connectivity index (χ1n) is 7.61. The smallest absolute Gasteiger partial charge is 0.302 e. The Balaban J connectivity index is 2.03. The van der Waals surface area contributed by atoms with E-state index in [0.717, 1.165) is 21.3 Å². The van der Waals surface area contributed by atoms with Gasteiger partial charge >= 0.3 is 6.18 Å². The number of rotatable bonds is 4. The first-order chi connectivity index (χ1) is 11.9. The molecule has 1 aromatic heterocycles. The third kappa shape index (κ3) is 3.71. The number of halogens is 3. The topological polar surface area (TPSA) is 30.7 Å². The molecule has 0 aliphatic rings. The first kappa shape index (κ1) is 17.5. The van der Waals surface area contributed by atoms with Gasteiger partial charge < -0.3 is 4.57 Å². The van der Waals surface area contributed by atoms with Crippen LogP contribution in [0.2, 0.25) is 0 Å². The maximum absolute atomic E-state index is 13.0. The van der Waals surface area contributed by atoms with Crippen molar-refractivity contribution in [3.63, 3.8) is 0 Å². The largest absolute Gasteiger partial charge is 0.451 e. The Bertz CT molecular complexity index is 860. The van der Waals surface area contributed by atoms with E-state index in [2.05, 4.69) is 10.2 Å². The van der Waals surface area contributed by atoms with Crippen LogP contribution in [-0.4, -0.2) is 14.8 Å². The summed E-state index contributed by atoms with van der Waals surface area (Å²) < 4.78 is 39.9. The van der Waals surface area contributed by atoms with Crippen LogP contribution in [0.3, 0.4) is 0 Å². The number of aromatic nitrogens is 3. The molecule has 1 atom stereocenters. The first-order valence-corrected chi connectivity index (χ1v) is 8.49. The zero-order valence-corrected chi connectivity index (χ0v) is 14.5. The van der Waals surface area contributed by atoms with Crippen molar-refractivity contribution in [2.75, 3.05) is 0 Å². The Morgan fingerprint density at radius 2 is 1.60 bits per heavy atom. The molecule has 3 aromatic rings. The van der Waals surface area contributed by atoms with Gasteiger partial charge in [0.15, 0.2) is 5.16 Å². The summed E-state index contributed by atoms with van der Waals surface area (Å²) in [5.74, 6) is -0.994. The molecule has 0 bridgehead atoms. The second-order valence-corrected chi connectivity index (χ2v) is 6.70. The van der Waals surface area contributed by atoms with E-state index < -0.39 is 12.0 Å². The van der Waals surface area contributed by atoms with Crippen LogP contribution < -0.4 is 0 Å². The predicted molar refractivity (Wildman–Crippen MR) is 91.3 cm³/mol. The number of aryl methyl sites for hydroxylation is 1. The molecular formula is C18H16F3N3S. The number of benzene rings is 2. The second-order valence-electron chi connectivity index (χ2n) is 5.63. The molecule has 0 N–H and O–H groups in total. The molecule has 0 aliphatic heterocycles. The number of alkyl halides is 3. The third-order valence-electron chi connectivity index (χ3n) is 3.88. The quantitative estimate of drug-likeness (QED) is 0.610. The summed E-state index contributed by atoms with van der Waals surface area (Å²) in [4.78, 5) is 0. The lowest BCUT2D eigenvalue weighted by Gasteiger charge is -2.19. The van der Waals surface area contributed by atoms with Gasteiger partial charge in [0, 0.05) is 7.05 Å². The van der Waals surface area contributed by atoms with Gasteiger partial charge in [-0.2, -0.15) is 13.2 Å². The normalized spacial score (nSPS) is 13.0. The second kappa shape index (κ2) is 6.92. The fraction of sp³-hybridized carbons (Fsp3) is 0.222. The van der Waals surface area contributed by atoms with Crippen LogP contribution in [-0.2, 0) is 13.2 Å². The summed E-state index contributed by atoms with van der Waals surface area (Å²) in [5.41, 5.74) is 3.11. The molecule has 0 saturated carbocycles. The fourth-order valence-electron chi connectivity index (χ4n) is 2.59. The lowest BCUT2D eigenvalue weighted by molar-refractivity contribution is -0.147. The Morgan fingerprint density at radius 1 is 0.960 bits per heavy atom. The molecule has 0 unspecified atom stereocenters. The number of thioether (sulfide) groups is 1. The summed E-state index contributed by atoms with van der Waals surface area (Å²) in [6.45, 7) is 1.99. The van der Waals surface area contributed by atoms with Crippen molar-refractivity contribution in [2.45, 2.75) is 23.5 Å². The highest BCUT2D eigenvalue weighted by molar-refractivity contribution is 7.99. The van der Waals surface area contributed by atoms with Crippen LogP contribution in [0.5, 0.6) is 0 Å². The standard InChI is InChI=1S/C18H16F3N3S/c1-12-8-6-7-11-14(12)15(13-9-4-3-5-10-13)25-17-23-22-16(24(17)2)18(19,20)21/h3-11,15H,1-2H3/t15-/m0/s1. The van der Waals surface area contributed by atoms with E-state index >= 15 is 0 Å². The maximum Gasteiger partial charge on any atom is 0.451 e. The minimum Gasteiger partial charge on any atom is -0.302 e. The van der Waals surface area contributed by atoms with Gasteiger partial charge in [-0.25, -0.2) is 0 Å². The molecule has 7 heteroatoms. The lowest BCUT2D eigenvalue weighted by atomic mass is 10.0. The number of hydrogen-bond donors (Lipinski definition) is 0. The summed E-state index contributed by atoms with van der Waals surface area (Å²) >= 11 is 1.26. The molecule has 0 saturated heterocycles. The van der Waals surface area contributed by atoms with Gasteiger partial charge in [0.05, 0.1) is 5.25 Å². The molecule has 3 nitrogen and oxygen atoms in total. The SMILES string of the molecule is Cc1ccccc1[C@@H](Sc1nnc(C(F)(F)F)n1C)c1ccccc1. The number of hydrogen-bond acceptors (Lipinski definition) is 3. The van der Waals surface area contributed by atoms with Crippen molar-refractivity contribution in [1.29, 1.82) is 0 Å². The minimum atomic E-state index is -4.52. The average molecular weight is 363 g/mol. The maximum atomic E-state index is 13.0. The zero-order chi connectivity index (χ0) is 18.0. The molecule has 0 aliphatic carbocycles. The molecule has 0 fully saturated rings. The lowest BCUT2D eigenvalue weighted by Crippen LogP contribution is -2.13. The molecular weight excluding hydrogens is 347 g/mol. The zero-order valence-electron chi connectivity index (χ0n) is 13.7. The van der Waals surface area contributed by atoms with Crippen molar-refractivity contribution < 1.29 is 13.2 Å². The van der Waals surface area contributed by atoms with Gasteiger partial charge in [-0.3, -0.25) is 0 Å². The van der Waals surface area contributed by atoms with Gasteiger partial charge in [-0.15, -0.1) is 10.2 Å². The Kier molecular flexibility index (Phi) is 4.85. The Hall–Kier alpha value is -2.28. The Labute approximate surface area is 147 Å². The Morgan fingerprint density at radius 3 is 2.20 bits per heavy atom. The highest BCUT2D eigenvalue weighted by atomic mass is 32.2. The molecule has 0 spiro atoms. The van der Waals surface area contributed by atoms with Gasteiger partial charge in [0.25, 0.3) is 0 Å². The van der Waals surface area contributed by atoms with Gasteiger partial charge in [0.2, 0.25) is 5.82 Å². The summed E-state index contributed by atoms with van der Waals surface area (Å²) in [7, 11) is 1.34. The van der Waals surface area contributed by atoms with Crippen molar-refractivity contribution >= 4 is 11.8 Å². The fourth-order valence-corrected chi connectivity index (χ4v) is 3.82. The van der Waals surface area contributed by atoms with Crippen LogP contribution in [0.4, 0.5) is 13.2 Å². The van der Waals surface area contributed by atoms with Crippen molar-refractivity contribution in [3.05, 3.63) is 77.1 Å². The van der Waals surface area contributed by atoms with Crippen molar-refractivity contribution in [1.82, 2.24) is 14.8 Å². The van der Waals surface area contributed by atoms with E-state index in [4.69, 9.17) is 0 Å². The molecule has 0 radical (unpaired) electrons. The summed E-state index contributed by atoms with van der Waals surface area (Å²) in [6.07, 6.45) is -4.52. The van der Waals surface area contributed by atoms with Crippen LogP contribution in [0.25, 0.3) is 0 Å². The predicted octanol–water partition coefficient (Wildman–Crippen LogP) is 5.02. The van der Waals surface area contributed by atoms with Crippen LogP contribution >= 0.6 is 11.8 Å². The highest BCUT2D eigenvalue weighted by Crippen LogP contribution is 2.41. The van der Waals surface area contributed by atoms with Crippen molar-refractivity contribution in [2.24, 2.45) is 7.05 Å². The van der Waals surface area contributed by atoms with E-state index in [1.54, 1.807) is 0 Å². The highest BCUT2D eigenvalue weighted by Gasteiger charge is 2.38. The van der Waals surface area contributed by atoms with Crippen molar-refractivity contribution in [3.8, 4) is 0 Å². The van der Waals surface area contributed by atoms with E-state index in [1.165, 1.54) is 18.8 Å². The van der Waals surface area contributed by atoms with Gasteiger partial charge in [0.1, 0.15) is 0 Å². The van der Waals surface area contributed by atoms with E-state index in [9.17, 15) is 13.2 Å². The van der Waals surface area contributed by atoms with Gasteiger partial charge in [-0.1, -0.05) is 66.4 Å². The third-order valence-corrected chi connectivity index (χ3v) is 5.21. The van der Waals surface area contributed by atoms with Gasteiger partial charge in [-0.05, 0) is 23.6 Å². The van der Waals surface area contributed by atoms with E-state index in [-0.39, 0.29) is 10.4 Å². The van der Waals surface area contributed by atoms with Crippen LogP contribution in [0, 0.1) is 6.92 Å². The number of nitrogens with zero attached hydrogens (tertiary/aromatic N) is 3. The summed E-state index contributed by atoms with van der Waals surface area (Å²) in [5, 5.41) is 7.13. The molecule has 2 aromatic carbocycles. The molecule has 130 valence electrons. The molecule has 25 heavy (non-hydrogen) atoms. The monoisotopic (exact) mass is 363 g/mol.